The van der Waals surface area contributed by atoms with Crippen LogP contribution in [0.25, 0.3) is 0 Å². The van der Waals surface area contributed by atoms with E-state index < -0.39 is 6.04 Å². The third kappa shape index (κ3) is 4.88. The molecule has 4 rings (SSSR count). The van der Waals surface area contributed by atoms with Crippen molar-refractivity contribution in [2.24, 2.45) is 0 Å². The highest BCUT2D eigenvalue weighted by molar-refractivity contribution is 7.80. The van der Waals surface area contributed by atoms with Crippen molar-refractivity contribution in [1.29, 1.82) is 0 Å². The number of carbonyl (C=O) groups is 2. The Morgan fingerprint density at radius 3 is 2.53 bits per heavy atom. The van der Waals surface area contributed by atoms with E-state index in [0.717, 1.165) is 11.1 Å². The molecule has 2 amide bonds. The minimum atomic E-state index is -0.762. The van der Waals surface area contributed by atoms with Crippen molar-refractivity contribution < 1.29 is 14.3 Å². The van der Waals surface area contributed by atoms with Crippen LogP contribution in [0.4, 0.5) is 11.4 Å². The smallest absolute Gasteiger partial charge is 0.256 e. The topological polar surface area (TPSA) is 74.8 Å². The van der Waals surface area contributed by atoms with Crippen molar-refractivity contribution in [2.45, 2.75) is 25.9 Å². The molecule has 1 aliphatic rings. The van der Waals surface area contributed by atoms with Gasteiger partial charge in [-0.25, -0.2) is 0 Å². The van der Waals surface area contributed by atoms with Crippen molar-refractivity contribution in [3.63, 3.8) is 0 Å². The Kier molecular flexibility index (Phi) is 7.09. The first-order chi connectivity index (χ1) is 16.4. The lowest BCUT2D eigenvalue weighted by atomic mass is 10.1. The number of benzene rings is 2. The summed E-state index contributed by atoms with van der Waals surface area (Å²) in [5, 5.41) is 3.77. The summed E-state index contributed by atoms with van der Waals surface area (Å²) in [5.41, 5.74) is 2.92. The number of nitrogens with one attached hydrogen (secondary N) is 1. The third-order valence-electron chi connectivity index (χ3n) is 5.67. The van der Waals surface area contributed by atoms with Gasteiger partial charge in [-0.3, -0.25) is 19.5 Å². The molecular formula is C25H23ClN4O3S. The average molecular weight is 495 g/mol. The Labute approximate surface area is 208 Å². The van der Waals surface area contributed by atoms with E-state index in [0.29, 0.717) is 33.8 Å². The fraction of sp³-hybridized carbons (Fsp3) is 0.200. The molecule has 0 bridgehead atoms. The predicted molar refractivity (Wildman–Crippen MR) is 136 cm³/mol. The van der Waals surface area contributed by atoms with Gasteiger partial charge in [-0.1, -0.05) is 17.7 Å². The van der Waals surface area contributed by atoms with Crippen LogP contribution in [0.2, 0.25) is 5.02 Å². The predicted octanol–water partition coefficient (Wildman–Crippen LogP) is 4.58. The summed E-state index contributed by atoms with van der Waals surface area (Å²) in [5.74, 6) is 0.104. The van der Waals surface area contributed by atoms with Gasteiger partial charge in [0.15, 0.2) is 5.11 Å². The van der Waals surface area contributed by atoms with Gasteiger partial charge in [0.2, 0.25) is 5.91 Å². The van der Waals surface area contributed by atoms with E-state index in [1.54, 1.807) is 66.9 Å². The zero-order chi connectivity index (χ0) is 24.2. The molecule has 0 saturated carbocycles. The summed E-state index contributed by atoms with van der Waals surface area (Å²) in [6.07, 6.45) is 3.30. The summed E-state index contributed by atoms with van der Waals surface area (Å²) in [7, 11) is 1.58. The SMILES string of the molecule is COc1ccc(N2C(=O)[C@H](CC(=O)Nc3cccc(Cl)c3C)N(Cc3ccncc3)C2=S)cc1. The Morgan fingerprint density at radius 1 is 1.15 bits per heavy atom. The quantitative estimate of drug-likeness (QED) is 0.484. The van der Waals surface area contributed by atoms with E-state index in [4.69, 9.17) is 28.6 Å². The number of pyridine rings is 1. The van der Waals surface area contributed by atoms with Crippen LogP contribution in [-0.2, 0) is 16.1 Å². The Bertz CT molecular complexity index is 1220. The number of amides is 2. The zero-order valence-electron chi connectivity index (χ0n) is 18.7. The molecule has 1 aromatic heterocycles. The van der Waals surface area contributed by atoms with E-state index >= 15 is 0 Å². The summed E-state index contributed by atoms with van der Waals surface area (Å²) in [6.45, 7) is 2.20. The van der Waals surface area contributed by atoms with Crippen molar-refractivity contribution in [3.05, 3.63) is 83.1 Å². The maximum absolute atomic E-state index is 13.5. The second-order valence-corrected chi connectivity index (χ2v) is 8.59. The maximum atomic E-state index is 13.5. The molecule has 0 radical (unpaired) electrons. The number of aromatic nitrogens is 1. The fourth-order valence-electron chi connectivity index (χ4n) is 3.79. The van der Waals surface area contributed by atoms with Crippen LogP contribution >= 0.6 is 23.8 Å². The number of methoxy groups -OCH3 is 1. The van der Waals surface area contributed by atoms with Gasteiger partial charge in [-0.05, 0) is 78.8 Å². The first-order valence-corrected chi connectivity index (χ1v) is 11.4. The molecule has 1 fully saturated rings. The molecule has 7 nitrogen and oxygen atoms in total. The Balaban J connectivity index is 1.61. The summed E-state index contributed by atoms with van der Waals surface area (Å²) in [4.78, 5) is 33.8. The number of rotatable bonds is 7. The largest absolute Gasteiger partial charge is 0.497 e. The van der Waals surface area contributed by atoms with Crippen molar-refractivity contribution in [1.82, 2.24) is 9.88 Å². The molecule has 0 aliphatic carbocycles. The van der Waals surface area contributed by atoms with Crippen LogP contribution < -0.4 is 15.0 Å². The molecule has 0 spiro atoms. The molecular weight excluding hydrogens is 472 g/mol. The van der Waals surface area contributed by atoms with E-state index in [9.17, 15) is 9.59 Å². The molecule has 3 aromatic rings. The molecule has 2 aromatic carbocycles. The van der Waals surface area contributed by atoms with Crippen LogP contribution in [0.15, 0.2) is 67.0 Å². The lowest BCUT2D eigenvalue weighted by Crippen LogP contribution is -2.37. The minimum Gasteiger partial charge on any atom is -0.497 e. The number of carbonyl (C=O) groups excluding carboxylic acids is 2. The van der Waals surface area contributed by atoms with Crippen molar-refractivity contribution in [3.8, 4) is 5.75 Å². The van der Waals surface area contributed by atoms with Crippen molar-refractivity contribution in [2.75, 3.05) is 17.3 Å². The molecule has 174 valence electrons. The van der Waals surface area contributed by atoms with Crippen LogP contribution in [0.3, 0.4) is 0 Å². The van der Waals surface area contributed by atoms with Gasteiger partial charge in [0, 0.05) is 29.6 Å². The van der Waals surface area contributed by atoms with E-state index in [1.165, 1.54) is 4.90 Å². The van der Waals surface area contributed by atoms with Gasteiger partial charge in [0.05, 0.1) is 19.2 Å². The van der Waals surface area contributed by atoms with Crippen LogP contribution in [-0.4, -0.2) is 40.0 Å². The highest BCUT2D eigenvalue weighted by atomic mass is 35.5. The molecule has 9 heteroatoms. The molecule has 2 heterocycles. The van der Waals surface area contributed by atoms with E-state index in [2.05, 4.69) is 10.3 Å². The van der Waals surface area contributed by atoms with Crippen LogP contribution in [0.1, 0.15) is 17.5 Å². The highest BCUT2D eigenvalue weighted by Crippen LogP contribution is 2.30. The lowest BCUT2D eigenvalue weighted by Gasteiger charge is -2.24. The second kappa shape index (κ2) is 10.2. The fourth-order valence-corrected chi connectivity index (χ4v) is 4.35. The molecule has 34 heavy (non-hydrogen) atoms. The van der Waals surface area contributed by atoms with Gasteiger partial charge in [0.1, 0.15) is 11.8 Å². The van der Waals surface area contributed by atoms with Crippen LogP contribution in [0.5, 0.6) is 5.75 Å². The molecule has 1 N–H and O–H groups in total. The van der Waals surface area contributed by atoms with Gasteiger partial charge in [-0.15, -0.1) is 0 Å². The van der Waals surface area contributed by atoms with Gasteiger partial charge in [0.25, 0.3) is 5.91 Å². The Morgan fingerprint density at radius 2 is 1.85 bits per heavy atom. The molecule has 1 saturated heterocycles. The first-order valence-electron chi connectivity index (χ1n) is 10.6. The maximum Gasteiger partial charge on any atom is 0.256 e. The van der Waals surface area contributed by atoms with Gasteiger partial charge < -0.3 is 15.0 Å². The Hall–Kier alpha value is -3.49. The summed E-state index contributed by atoms with van der Waals surface area (Å²) >= 11 is 11.9. The summed E-state index contributed by atoms with van der Waals surface area (Å²) in [6, 6.07) is 15.3. The molecule has 1 atom stereocenters. The van der Waals surface area contributed by atoms with E-state index in [1.807, 2.05) is 19.1 Å². The number of hydrogen-bond acceptors (Lipinski definition) is 5. The van der Waals surface area contributed by atoms with E-state index in [-0.39, 0.29) is 18.2 Å². The minimum absolute atomic E-state index is 0.0668. The lowest BCUT2D eigenvalue weighted by molar-refractivity contribution is -0.124. The zero-order valence-corrected chi connectivity index (χ0v) is 20.3. The van der Waals surface area contributed by atoms with Crippen LogP contribution in [0, 0.1) is 6.92 Å². The van der Waals surface area contributed by atoms with Gasteiger partial charge in [-0.2, -0.15) is 0 Å². The molecule has 1 aliphatic heterocycles. The standard InChI is InChI=1S/C25H23ClN4O3S/c1-16-20(26)4-3-5-21(16)28-23(31)14-22-24(32)30(18-6-8-19(33-2)9-7-18)25(34)29(22)15-17-10-12-27-13-11-17/h3-13,22H,14-15H2,1-2H3,(H,28,31)/t22-/m0/s1. The number of ether oxygens (including phenoxy) is 1. The number of anilines is 2. The number of hydrogen-bond donors (Lipinski definition) is 1. The highest BCUT2D eigenvalue weighted by Gasteiger charge is 2.44. The summed E-state index contributed by atoms with van der Waals surface area (Å²) < 4.78 is 5.22. The third-order valence-corrected chi connectivity index (χ3v) is 6.50. The first kappa shape index (κ1) is 23.7. The normalized spacial score (nSPS) is 15.6. The van der Waals surface area contributed by atoms with Gasteiger partial charge >= 0.3 is 0 Å². The average Bonchev–Trinajstić information content (AvgIpc) is 3.06. The monoisotopic (exact) mass is 494 g/mol. The number of nitrogens with zero attached hydrogens (tertiary/aromatic N) is 3. The van der Waals surface area contributed by atoms with Crippen molar-refractivity contribution >= 4 is 52.1 Å². The number of thiocarbonyl (C=S) groups is 1. The second-order valence-electron chi connectivity index (χ2n) is 7.82. The number of halogens is 1. The molecule has 0 unspecified atom stereocenters.